The largest absolute Gasteiger partial charge is 0.455 e. The van der Waals surface area contributed by atoms with E-state index in [1.54, 1.807) is 18.4 Å². The number of nitro benzene ring substituents is 1. The molecule has 0 aliphatic carbocycles. The van der Waals surface area contributed by atoms with Crippen molar-refractivity contribution in [1.29, 1.82) is 0 Å². The summed E-state index contributed by atoms with van der Waals surface area (Å²) in [6.07, 6.45) is 1.75. The number of nitrogens with one attached hydrogen (secondary N) is 1. The maximum Gasteiger partial charge on any atom is 0.310 e. The van der Waals surface area contributed by atoms with Crippen LogP contribution in [0, 0.1) is 24.0 Å². The maximum absolute atomic E-state index is 12.3. The van der Waals surface area contributed by atoms with Crippen LogP contribution in [0.5, 0.6) is 0 Å². The van der Waals surface area contributed by atoms with Gasteiger partial charge in [-0.1, -0.05) is 23.4 Å². The van der Waals surface area contributed by atoms with Crippen LogP contribution in [-0.4, -0.2) is 49.2 Å². The average Bonchev–Trinajstić information content (AvgIpc) is 3.14. The first-order valence-corrected chi connectivity index (χ1v) is 10.5. The minimum absolute atomic E-state index is 0.00283. The Hall–Kier alpha value is -3.25. The highest BCUT2D eigenvalue weighted by Gasteiger charge is 2.18. The second-order valence-electron chi connectivity index (χ2n) is 6.38. The van der Waals surface area contributed by atoms with Crippen LogP contribution < -0.4 is 5.32 Å². The number of thioether (sulfide) groups is 1. The van der Waals surface area contributed by atoms with E-state index in [1.807, 2.05) is 6.26 Å². The Balaban J connectivity index is 1.62. The Kier molecular flexibility index (Phi) is 6.71. The third kappa shape index (κ3) is 5.09. The molecule has 0 aliphatic rings. The number of nitro groups is 1. The number of aromatic nitrogens is 4. The summed E-state index contributed by atoms with van der Waals surface area (Å²) in [5.74, 6) is -0.815. The first-order valence-electron chi connectivity index (χ1n) is 8.86. The number of hydrogen-bond acceptors (Lipinski definition) is 9. The molecule has 3 aromatic rings. The Bertz CT molecular complexity index is 1200. The summed E-state index contributed by atoms with van der Waals surface area (Å²) in [5, 5.41) is 18.1. The van der Waals surface area contributed by atoms with Crippen molar-refractivity contribution in [3.8, 4) is 0 Å². The number of carbonyl (C=O) groups is 2. The molecule has 1 aromatic carbocycles. The number of benzene rings is 1. The van der Waals surface area contributed by atoms with Gasteiger partial charge in [0.05, 0.1) is 22.1 Å². The Morgan fingerprint density at radius 1 is 1.32 bits per heavy atom. The van der Waals surface area contributed by atoms with Gasteiger partial charge in [-0.25, -0.2) is 9.50 Å². The molecule has 0 unspecified atom stereocenters. The molecular formula is C18H17ClN6O5S. The molecule has 0 saturated heterocycles. The van der Waals surface area contributed by atoms with Crippen LogP contribution in [0.2, 0.25) is 5.02 Å². The van der Waals surface area contributed by atoms with Crippen molar-refractivity contribution < 1.29 is 19.2 Å². The second-order valence-corrected chi connectivity index (χ2v) is 7.56. The highest BCUT2D eigenvalue weighted by atomic mass is 35.5. The molecule has 1 N–H and O–H groups in total. The van der Waals surface area contributed by atoms with E-state index in [2.05, 4.69) is 20.4 Å². The van der Waals surface area contributed by atoms with E-state index in [-0.39, 0.29) is 22.8 Å². The Morgan fingerprint density at radius 2 is 2.06 bits per heavy atom. The zero-order chi connectivity index (χ0) is 22.7. The molecule has 31 heavy (non-hydrogen) atoms. The predicted octanol–water partition coefficient (Wildman–Crippen LogP) is 2.75. The normalized spacial score (nSPS) is 10.8. The molecule has 0 atom stereocenters. The highest BCUT2D eigenvalue weighted by Crippen LogP contribution is 2.26. The number of ether oxygens (including phenoxy) is 1. The van der Waals surface area contributed by atoms with E-state index < -0.39 is 23.4 Å². The smallest absolute Gasteiger partial charge is 0.310 e. The lowest BCUT2D eigenvalue weighted by atomic mass is 10.1. The van der Waals surface area contributed by atoms with Gasteiger partial charge < -0.3 is 10.1 Å². The number of esters is 1. The van der Waals surface area contributed by atoms with Gasteiger partial charge in [-0.05, 0) is 26.2 Å². The number of nitrogens with zero attached hydrogens (tertiary/aromatic N) is 5. The molecule has 11 nitrogen and oxygen atoms in total. The number of fused-ring (bicyclic) bond motifs is 1. The monoisotopic (exact) mass is 464 g/mol. The summed E-state index contributed by atoms with van der Waals surface area (Å²) in [4.78, 5) is 43.1. The van der Waals surface area contributed by atoms with Gasteiger partial charge >= 0.3 is 5.97 Å². The van der Waals surface area contributed by atoms with Crippen LogP contribution in [0.15, 0.2) is 23.4 Å². The average molecular weight is 465 g/mol. The van der Waals surface area contributed by atoms with Crippen molar-refractivity contribution in [2.75, 3.05) is 18.2 Å². The summed E-state index contributed by atoms with van der Waals surface area (Å²) in [5.41, 5.74) is 1.92. The second kappa shape index (κ2) is 9.27. The van der Waals surface area contributed by atoms with Crippen molar-refractivity contribution in [1.82, 2.24) is 19.6 Å². The van der Waals surface area contributed by atoms with Crippen molar-refractivity contribution >= 4 is 52.4 Å². The number of halogens is 1. The fraction of sp³-hybridized carbons (Fsp3) is 0.278. The molecular weight excluding hydrogens is 448 g/mol. The van der Waals surface area contributed by atoms with Gasteiger partial charge in [0.25, 0.3) is 17.4 Å². The topological polar surface area (TPSA) is 142 Å². The van der Waals surface area contributed by atoms with Gasteiger partial charge in [-0.2, -0.15) is 4.98 Å². The number of anilines is 1. The van der Waals surface area contributed by atoms with E-state index in [4.69, 9.17) is 16.3 Å². The standard InChI is InChI=1S/C18H17ClN6O5S/c1-9-12(10(2)24-17(20-9)22-18(23-24)31-3)7-16(27)30-8-15(26)21-14-5-4-11(25(28)29)6-13(14)19/h4-6H,7-8H2,1-3H3,(H,21,26). The van der Waals surface area contributed by atoms with Crippen molar-refractivity contribution in [3.63, 3.8) is 0 Å². The van der Waals surface area contributed by atoms with E-state index in [0.29, 0.717) is 27.9 Å². The van der Waals surface area contributed by atoms with E-state index in [1.165, 1.54) is 23.9 Å². The van der Waals surface area contributed by atoms with Crippen LogP contribution in [0.4, 0.5) is 11.4 Å². The lowest BCUT2D eigenvalue weighted by molar-refractivity contribution is -0.384. The first-order chi connectivity index (χ1) is 14.7. The number of aryl methyl sites for hydroxylation is 2. The van der Waals surface area contributed by atoms with Crippen LogP contribution in [0.3, 0.4) is 0 Å². The molecule has 3 rings (SSSR count). The van der Waals surface area contributed by atoms with Crippen LogP contribution >= 0.6 is 23.4 Å². The minimum atomic E-state index is -0.632. The molecule has 13 heteroatoms. The van der Waals surface area contributed by atoms with Crippen LogP contribution in [0.25, 0.3) is 5.78 Å². The minimum Gasteiger partial charge on any atom is -0.455 e. The summed E-state index contributed by atoms with van der Waals surface area (Å²) in [6, 6.07) is 3.62. The van der Waals surface area contributed by atoms with Crippen LogP contribution in [0.1, 0.15) is 17.0 Å². The number of rotatable bonds is 7. The molecule has 1 amide bonds. The maximum atomic E-state index is 12.3. The zero-order valence-corrected chi connectivity index (χ0v) is 18.3. The fourth-order valence-electron chi connectivity index (χ4n) is 2.78. The van der Waals surface area contributed by atoms with Gasteiger partial charge in [0.1, 0.15) is 0 Å². The van der Waals surface area contributed by atoms with Crippen molar-refractivity contribution in [3.05, 3.63) is 50.3 Å². The van der Waals surface area contributed by atoms with E-state index in [9.17, 15) is 19.7 Å². The van der Waals surface area contributed by atoms with Gasteiger partial charge in [-0.3, -0.25) is 19.7 Å². The molecule has 0 bridgehead atoms. The molecule has 0 spiro atoms. The molecule has 0 radical (unpaired) electrons. The van der Waals surface area contributed by atoms with E-state index in [0.717, 1.165) is 6.07 Å². The SMILES string of the molecule is CSc1nc2nc(C)c(CC(=O)OCC(=O)Nc3ccc([N+](=O)[O-])cc3Cl)c(C)n2n1. The summed E-state index contributed by atoms with van der Waals surface area (Å²) in [7, 11) is 0. The number of hydrogen-bond donors (Lipinski definition) is 1. The number of amides is 1. The summed E-state index contributed by atoms with van der Waals surface area (Å²) in [6.45, 7) is 3.01. The van der Waals surface area contributed by atoms with Crippen molar-refractivity contribution in [2.45, 2.75) is 25.4 Å². The molecule has 2 aromatic heterocycles. The molecule has 2 heterocycles. The lowest BCUT2D eigenvalue weighted by Gasteiger charge is -2.11. The molecule has 0 aliphatic heterocycles. The van der Waals surface area contributed by atoms with Crippen molar-refractivity contribution in [2.24, 2.45) is 0 Å². The Labute approximate surface area is 185 Å². The number of non-ortho nitro benzene ring substituents is 1. The third-order valence-corrected chi connectivity index (χ3v) is 5.19. The summed E-state index contributed by atoms with van der Waals surface area (Å²) < 4.78 is 6.61. The van der Waals surface area contributed by atoms with Gasteiger partial charge in [0.2, 0.25) is 5.16 Å². The quantitative estimate of drug-likeness (QED) is 0.241. The molecule has 162 valence electrons. The third-order valence-electron chi connectivity index (χ3n) is 4.34. The first kappa shape index (κ1) is 22.4. The zero-order valence-electron chi connectivity index (χ0n) is 16.7. The Morgan fingerprint density at radius 3 is 2.71 bits per heavy atom. The predicted molar refractivity (Wildman–Crippen MR) is 113 cm³/mol. The number of carbonyl (C=O) groups excluding carboxylic acids is 2. The van der Waals surface area contributed by atoms with Gasteiger partial charge in [-0.15, -0.1) is 5.10 Å². The molecule has 0 fully saturated rings. The highest BCUT2D eigenvalue weighted by molar-refractivity contribution is 7.98. The van der Waals surface area contributed by atoms with Gasteiger partial charge in [0, 0.05) is 29.1 Å². The van der Waals surface area contributed by atoms with Crippen LogP contribution in [-0.2, 0) is 20.7 Å². The fourth-order valence-corrected chi connectivity index (χ4v) is 3.34. The summed E-state index contributed by atoms with van der Waals surface area (Å²) >= 11 is 7.32. The lowest BCUT2D eigenvalue weighted by Crippen LogP contribution is -2.22. The molecule has 0 saturated carbocycles. The van der Waals surface area contributed by atoms with Gasteiger partial charge in [0.15, 0.2) is 6.61 Å². The van der Waals surface area contributed by atoms with E-state index >= 15 is 0 Å².